The summed E-state index contributed by atoms with van der Waals surface area (Å²) >= 11 is 0. The highest BCUT2D eigenvalue weighted by Gasteiger charge is 2.23. The van der Waals surface area contributed by atoms with Gasteiger partial charge in [-0.25, -0.2) is 0 Å². The molecule has 7 heteroatoms. The van der Waals surface area contributed by atoms with Crippen LogP contribution >= 0.6 is 0 Å². The minimum Gasteiger partial charge on any atom is -0.493 e. The molecule has 3 aromatic carbocycles. The van der Waals surface area contributed by atoms with Crippen molar-refractivity contribution in [3.05, 3.63) is 77.4 Å². The SMILES string of the molecule is CCN(Cc1cccc2c1OCCO2)C(=O)c1cc(OC)c(OCc2ccccc2)c(OC)c1. The molecule has 0 fully saturated rings. The van der Waals surface area contributed by atoms with Crippen LogP contribution in [-0.2, 0) is 13.2 Å². The van der Waals surface area contributed by atoms with Crippen LogP contribution in [0, 0.1) is 0 Å². The lowest BCUT2D eigenvalue weighted by Gasteiger charge is -2.26. The van der Waals surface area contributed by atoms with Crippen LogP contribution in [-0.4, -0.2) is 44.8 Å². The maximum Gasteiger partial charge on any atom is 0.254 e. The number of rotatable bonds is 9. The molecule has 1 aliphatic rings. The van der Waals surface area contributed by atoms with Crippen LogP contribution in [0.2, 0.25) is 0 Å². The minimum absolute atomic E-state index is 0.150. The fraction of sp³-hybridized carbons (Fsp3) is 0.296. The second kappa shape index (κ2) is 10.8. The lowest BCUT2D eigenvalue weighted by molar-refractivity contribution is 0.0748. The van der Waals surface area contributed by atoms with Crippen molar-refractivity contribution in [1.82, 2.24) is 4.90 Å². The minimum atomic E-state index is -0.150. The molecule has 0 N–H and O–H groups in total. The van der Waals surface area contributed by atoms with E-state index in [1.807, 2.05) is 55.5 Å². The van der Waals surface area contributed by atoms with E-state index in [0.29, 0.717) is 67.2 Å². The van der Waals surface area contributed by atoms with Crippen molar-refractivity contribution in [1.29, 1.82) is 0 Å². The molecule has 0 saturated heterocycles. The van der Waals surface area contributed by atoms with Crippen molar-refractivity contribution < 1.29 is 28.5 Å². The highest BCUT2D eigenvalue weighted by Crippen LogP contribution is 2.40. The van der Waals surface area contributed by atoms with Gasteiger partial charge >= 0.3 is 0 Å². The Bertz CT molecular complexity index is 1110. The highest BCUT2D eigenvalue weighted by atomic mass is 16.6. The number of carbonyl (C=O) groups excluding carboxylic acids is 1. The lowest BCUT2D eigenvalue weighted by Crippen LogP contribution is -2.31. The van der Waals surface area contributed by atoms with Gasteiger partial charge in [-0.3, -0.25) is 4.79 Å². The standard InChI is InChI=1S/C27H29NO6/c1-4-28(17-20-11-8-12-22-25(20)33-14-13-32-22)27(29)21-15-23(30-2)26(24(16-21)31-3)34-18-19-9-6-5-7-10-19/h5-12,15-16H,4,13-14,17-18H2,1-3H3. The van der Waals surface area contributed by atoms with Gasteiger partial charge in [0.05, 0.1) is 14.2 Å². The molecule has 0 saturated carbocycles. The molecular weight excluding hydrogens is 434 g/mol. The molecule has 0 atom stereocenters. The Morgan fingerprint density at radius 2 is 1.65 bits per heavy atom. The third-order valence-corrected chi connectivity index (χ3v) is 5.61. The molecule has 7 nitrogen and oxygen atoms in total. The molecule has 0 radical (unpaired) electrons. The number of methoxy groups -OCH3 is 2. The zero-order valence-corrected chi connectivity index (χ0v) is 19.7. The molecule has 0 unspecified atom stereocenters. The van der Waals surface area contributed by atoms with Gasteiger partial charge in [-0.2, -0.15) is 0 Å². The van der Waals surface area contributed by atoms with E-state index >= 15 is 0 Å². The summed E-state index contributed by atoms with van der Waals surface area (Å²) in [6, 6.07) is 18.9. The largest absolute Gasteiger partial charge is 0.493 e. The van der Waals surface area contributed by atoms with Crippen LogP contribution in [0.1, 0.15) is 28.4 Å². The van der Waals surface area contributed by atoms with E-state index in [9.17, 15) is 4.79 Å². The summed E-state index contributed by atoms with van der Waals surface area (Å²) in [5.41, 5.74) is 2.36. The monoisotopic (exact) mass is 463 g/mol. The van der Waals surface area contributed by atoms with Crippen LogP contribution in [0.5, 0.6) is 28.7 Å². The summed E-state index contributed by atoms with van der Waals surface area (Å²) in [5.74, 6) is 2.57. The Hall–Kier alpha value is -3.87. The maximum absolute atomic E-state index is 13.5. The van der Waals surface area contributed by atoms with E-state index in [2.05, 4.69) is 0 Å². The van der Waals surface area contributed by atoms with Gasteiger partial charge in [0.1, 0.15) is 19.8 Å². The molecule has 0 aromatic heterocycles. The summed E-state index contributed by atoms with van der Waals surface area (Å²) < 4.78 is 28.6. The lowest BCUT2D eigenvalue weighted by atomic mass is 10.1. The first-order valence-corrected chi connectivity index (χ1v) is 11.2. The first-order valence-electron chi connectivity index (χ1n) is 11.2. The first kappa shape index (κ1) is 23.3. The van der Waals surface area contributed by atoms with Gasteiger partial charge in [0.25, 0.3) is 5.91 Å². The number of hydrogen-bond acceptors (Lipinski definition) is 6. The summed E-state index contributed by atoms with van der Waals surface area (Å²) in [5, 5.41) is 0. The molecule has 1 aliphatic heterocycles. The molecular formula is C27H29NO6. The second-order valence-corrected chi connectivity index (χ2v) is 7.74. The summed E-state index contributed by atoms with van der Waals surface area (Å²) in [4.78, 5) is 15.2. The smallest absolute Gasteiger partial charge is 0.254 e. The van der Waals surface area contributed by atoms with Gasteiger partial charge < -0.3 is 28.6 Å². The predicted octanol–water partition coefficient (Wildman–Crippen LogP) is 4.72. The number of para-hydroxylation sites is 1. The number of benzene rings is 3. The van der Waals surface area contributed by atoms with E-state index in [1.54, 1.807) is 31.3 Å². The van der Waals surface area contributed by atoms with Crippen molar-refractivity contribution >= 4 is 5.91 Å². The van der Waals surface area contributed by atoms with Crippen LogP contribution in [0.4, 0.5) is 0 Å². The average molecular weight is 464 g/mol. The Kier molecular flexibility index (Phi) is 7.42. The highest BCUT2D eigenvalue weighted by molar-refractivity contribution is 5.95. The van der Waals surface area contributed by atoms with Crippen LogP contribution in [0.25, 0.3) is 0 Å². The van der Waals surface area contributed by atoms with Gasteiger partial charge in [-0.1, -0.05) is 42.5 Å². The van der Waals surface area contributed by atoms with Crippen molar-refractivity contribution in [3.8, 4) is 28.7 Å². The average Bonchev–Trinajstić information content (AvgIpc) is 2.90. The van der Waals surface area contributed by atoms with Crippen molar-refractivity contribution in [2.24, 2.45) is 0 Å². The molecule has 4 rings (SSSR count). The molecule has 0 bridgehead atoms. The van der Waals surface area contributed by atoms with Gasteiger partial charge in [0, 0.05) is 24.2 Å². The number of amides is 1. The number of nitrogens with zero attached hydrogens (tertiary/aromatic N) is 1. The number of carbonyl (C=O) groups is 1. The normalized spacial score (nSPS) is 12.1. The number of hydrogen-bond donors (Lipinski definition) is 0. The Morgan fingerprint density at radius 1 is 0.941 bits per heavy atom. The molecule has 1 amide bonds. The Balaban J connectivity index is 1.58. The topological polar surface area (TPSA) is 66.5 Å². The molecule has 34 heavy (non-hydrogen) atoms. The number of fused-ring (bicyclic) bond motifs is 1. The fourth-order valence-electron chi connectivity index (χ4n) is 3.85. The Labute approximate surface area is 199 Å². The van der Waals surface area contributed by atoms with Crippen molar-refractivity contribution in [2.75, 3.05) is 34.0 Å². The van der Waals surface area contributed by atoms with E-state index in [-0.39, 0.29) is 5.91 Å². The van der Waals surface area contributed by atoms with Crippen LogP contribution in [0.15, 0.2) is 60.7 Å². The zero-order valence-electron chi connectivity index (χ0n) is 19.7. The summed E-state index contributed by atoms with van der Waals surface area (Å²) in [6.45, 7) is 4.20. The van der Waals surface area contributed by atoms with E-state index in [4.69, 9.17) is 23.7 Å². The van der Waals surface area contributed by atoms with Gasteiger partial charge in [0.2, 0.25) is 5.75 Å². The zero-order chi connectivity index (χ0) is 23.9. The first-order chi connectivity index (χ1) is 16.6. The van der Waals surface area contributed by atoms with Gasteiger partial charge in [-0.05, 0) is 30.7 Å². The fourth-order valence-corrected chi connectivity index (χ4v) is 3.85. The summed E-state index contributed by atoms with van der Waals surface area (Å²) in [6.07, 6.45) is 0. The molecule has 3 aromatic rings. The van der Waals surface area contributed by atoms with Gasteiger partial charge in [0.15, 0.2) is 23.0 Å². The van der Waals surface area contributed by atoms with E-state index in [0.717, 1.165) is 11.1 Å². The molecule has 1 heterocycles. The van der Waals surface area contributed by atoms with Crippen LogP contribution < -0.4 is 23.7 Å². The molecule has 0 aliphatic carbocycles. The van der Waals surface area contributed by atoms with Crippen LogP contribution in [0.3, 0.4) is 0 Å². The van der Waals surface area contributed by atoms with E-state index < -0.39 is 0 Å². The predicted molar refractivity (Wildman–Crippen MR) is 128 cm³/mol. The quantitative estimate of drug-likeness (QED) is 0.458. The number of ether oxygens (including phenoxy) is 5. The van der Waals surface area contributed by atoms with Gasteiger partial charge in [-0.15, -0.1) is 0 Å². The van der Waals surface area contributed by atoms with Crippen molar-refractivity contribution in [3.63, 3.8) is 0 Å². The second-order valence-electron chi connectivity index (χ2n) is 7.74. The third kappa shape index (κ3) is 5.03. The molecule has 0 spiro atoms. The summed E-state index contributed by atoms with van der Waals surface area (Å²) in [7, 11) is 3.09. The van der Waals surface area contributed by atoms with Crippen molar-refractivity contribution in [2.45, 2.75) is 20.1 Å². The third-order valence-electron chi connectivity index (χ3n) is 5.61. The maximum atomic E-state index is 13.5. The Morgan fingerprint density at radius 3 is 2.32 bits per heavy atom. The molecule has 178 valence electrons. The van der Waals surface area contributed by atoms with E-state index in [1.165, 1.54) is 0 Å².